The van der Waals surface area contributed by atoms with Gasteiger partial charge < -0.3 is 20.7 Å². The Morgan fingerprint density at radius 1 is 1.26 bits per heavy atom. The smallest absolute Gasteiger partial charge is 0.257 e. The molecule has 1 unspecified atom stereocenters. The number of hydrogen-bond donors (Lipinski definition) is 3. The van der Waals surface area contributed by atoms with Crippen LogP contribution in [0.1, 0.15) is 74.0 Å². The maximum Gasteiger partial charge on any atom is 0.257 e. The Morgan fingerprint density at radius 2 is 2.05 bits per heavy atom. The number of benzene rings is 1. The van der Waals surface area contributed by atoms with Crippen LogP contribution >= 0.6 is 0 Å². The van der Waals surface area contributed by atoms with Gasteiger partial charge in [0, 0.05) is 32.4 Å². The summed E-state index contributed by atoms with van der Waals surface area (Å²) in [4.78, 5) is 36.8. The highest BCUT2D eigenvalue weighted by molar-refractivity contribution is 6.05. The van der Waals surface area contributed by atoms with E-state index in [1.807, 2.05) is 18.2 Å². The van der Waals surface area contributed by atoms with Gasteiger partial charge in [0.2, 0.25) is 17.7 Å². The lowest BCUT2D eigenvalue weighted by molar-refractivity contribution is -0.122. The van der Waals surface area contributed by atoms with Gasteiger partial charge in [-0.1, -0.05) is 25.0 Å². The third-order valence-electron chi connectivity index (χ3n) is 6.94. The van der Waals surface area contributed by atoms with Crippen molar-refractivity contribution in [2.75, 3.05) is 18.5 Å². The Hall–Kier alpha value is -3.50. The number of alkyl halides is 2. The maximum atomic E-state index is 13.2. The van der Waals surface area contributed by atoms with E-state index in [1.54, 1.807) is 10.7 Å². The molecule has 2 aromatic rings. The lowest BCUT2D eigenvalue weighted by Gasteiger charge is -2.23. The summed E-state index contributed by atoms with van der Waals surface area (Å²) >= 11 is 0. The van der Waals surface area contributed by atoms with Crippen LogP contribution in [0, 0.1) is 5.92 Å². The van der Waals surface area contributed by atoms with E-state index in [9.17, 15) is 23.2 Å². The summed E-state index contributed by atoms with van der Waals surface area (Å²) in [6.07, 6.45) is 5.26. The van der Waals surface area contributed by atoms with Crippen molar-refractivity contribution in [3.8, 4) is 5.75 Å². The lowest BCUT2D eigenvalue weighted by Crippen LogP contribution is -2.42. The fraction of sp³-hybridized carbons (Fsp3) is 0.571. The number of fused-ring (bicyclic) bond motifs is 1. The predicted molar refractivity (Wildman–Crippen MR) is 142 cm³/mol. The Balaban J connectivity index is 1.37. The number of halogens is 2. The molecule has 1 aliphatic carbocycles. The summed E-state index contributed by atoms with van der Waals surface area (Å²) in [5, 5.41) is 13.0. The first-order valence-corrected chi connectivity index (χ1v) is 13.6. The number of amides is 3. The van der Waals surface area contributed by atoms with E-state index in [4.69, 9.17) is 9.84 Å². The van der Waals surface area contributed by atoms with E-state index < -0.39 is 11.8 Å². The lowest BCUT2D eigenvalue weighted by atomic mass is 9.96. The number of anilines is 1. The summed E-state index contributed by atoms with van der Waals surface area (Å²) < 4.78 is 33.4. The van der Waals surface area contributed by atoms with Gasteiger partial charge >= 0.3 is 0 Å². The Bertz CT molecular complexity index is 1190. The van der Waals surface area contributed by atoms with Gasteiger partial charge in [-0.3, -0.25) is 14.4 Å². The quantitative estimate of drug-likeness (QED) is 0.312. The first kappa shape index (κ1) is 28.5. The molecular weight excluding hydrogens is 508 g/mol. The summed E-state index contributed by atoms with van der Waals surface area (Å²) in [5.41, 5.74) is 2.06. The fourth-order valence-electron chi connectivity index (χ4n) is 4.69. The second-order valence-corrected chi connectivity index (χ2v) is 10.7. The largest absolute Gasteiger partial charge is 0.494 e. The van der Waals surface area contributed by atoms with Crippen LogP contribution in [0.3, 0.4) is 0 Å². The van der Waals surface area contributed by atoms with Crippen molar-refractivity contribution in [2.45, 2.75) is 83.7 Å². The van der Waals surface area contributed by atoms with E-state index in [0.29, 0.717) is 54.5 Å². The molecule has 4 rings (SSSR count). The van der Waals surface area contributed by atoms with Crippen molar-refractivity contribution in [1.29, 1.82) is 0 Å². The number of nitrogens with zero attached hydrogens (tertiary/aromatic N) is 2. The van der Waals surface area contributed by atoms with Crippen LogP contribution in [0.25, 0.3) is 0 Å². The van der Waals surface area contributed by atoms with Crippen LogP contribution in [0.4, 0.5) is 14.6 Å². The Kier molecular flexibility index (Phi) is 9.19. The molecule has 2 heterocycles. The Labute approximate surface area is 227 Å². The van der Waals surface area contributed by atoms with Crippen LogP contribution in [0.15, 0.2) is 24.3 Å². The highest BCUT2D eigenvalue weighted by Crippen LogP contribution is 2.34. The predicted octanol–water partition coefficient (Wildman–Crippen LogP) is 3.86. The monoisotopic (exact) mass is 545 g/mol. The first-order valence-electron chi connectivity index (χ1n) is 13.6. The van der Waals surface area contributed by atoms with Gasteiger partial charge in [0.25, 0.3) is 5.91 Å². The molecule has 11 heteroatoms. The molecule has 1 aromatic heterocycles. The molecule has 0 spiro atoms. The third-order valence-corrected chi connectivity index (χ3v) is 6.94. The number of carbonyl (C=O) groups excluding carboxylic acids is 3. The zero-order chi connectivity index (χ0) is 28.0. The highest BCUT2D eigenvalue weighted by Gasteiger charge is 2.33. The van der Waals surface area contributed by atoms with Crippen LogP contribution in [0.5, 0.6) is 5.75 Å². The normalized spacial score (nSPS) is 16.8. The fourth-order valence-corrected chi connectivity index (χ4v) is 4.69. The minimum atomic E-state index is -2.69. The average Bonchev–Trinajstić information content (AvgIpc) is 3.64. The zero-order valence-corrected chi connectivity index (χ0v) is 22.5. The van der Waals surface area contributed by atoms with Gasteiger partial charge in [-0.05, 0) is 56.2 Å². The minimum absolute atomic E-state index is 0.129. The van der Waals surface area contributed by atoms with Crippen LogP contribution < -0.4 is 20.7 Å². The number of carbonyl (C=O) groups is 3. The third kappa shape index (κ3) is 8.76. The number of hydrogen-bond acceptors (Lipinski definition) is 5. The molecule has 1 fully saturated rings. The van der Waals surface area contributed by atoms with Gasteiger partial charge in [0.1, 0.15) is 17.1 Å². The van der Waals surface area contributed by atoms with E-state index in [-0.39, 0.29) is 43.8 Å². The van der Waals surface area contributed by atoms with E-state index >= 15 is 0 Å². The van der Waals surface area contributed by atoms with Crippen LogP contribution in [-0.4, -0.2) is 52.6 Å². The standard InChI is InChI=1S/C28H37F2N5O4/c1-18(36)31-17-24(37)33-26-25-23(34-35(26)13-11-19-7-8-19)16-21(32-27(25)38)10-9-20-5-3-6-22(15-20)39-14-4-12-28(2,29)30/h3,5-6,15,19,21H,4,7-14,16-17H2,1-2H3,(H,31,36)(H,32,38)(H,33,37). The van der Waals surface area contributed by atoms with Gasteiger partial charge in [-0.2, -0.15) is 5.10 Å². The first-order chi connectivity index (χ1) is 18.6. The van der Waals surface area contributed by atoms with Gasteiger partial charge in [-0.15, -0.1) is 0 Å². The molecule has 9 nitrogen and oxygen atoms in total. The molecule has 3 N–H and O–H groups in total. The average molecular weight is 546 g/mol. The van der Waals surface area contributed by atoms with Crippen molar-refractivity contribution in [3.05, 3.63) is 41.1 Å². The summed E-state index contributed by atoms with van der Waals surface area (Å²) in [6.45, 7) is 2.89. The number of aromatic nitrogens is 2. The van der Waals surface area contributed by atoms with Gasteiger partial charge in [0.15, 0.2) is 0 Å². The molecule has 3 amide bonds. The van der Waals surface area contributed by atoms with E-state index in [0.717, 1.165) is 18.9 Å². The van der Waals surface area contributed by atoms with Crippen molar-refractivity contribution in [2.24, 2.45) is 5.92 Å². The van der Waals surface area contributed by atoms with Crippen molar-refractivity contribution >= 4 is 23.5 Å². The summed E-state index contributed by atoms with van der Waals surface area (Å²) in [6, 6.07) is 7.41. The highest BCUT2D eigenvalue weighted by atomic mass is 19.3. The van der Waals surface area contributed by atoms with Crippen molar-refractivity contribution in [3.63, 3.8) is 0 Å². The molecule has 0 bridgehead atoms. The van der Waals surface area contributed by atoms with Crippen LogP contribution in [-0.2, 0) is 29.0 Å². The SMILES string of the molecule is CC(=O)NCC(=O)Nc1c2c(nn1CCC1CC1)CC(CCc1cccc(OCCCC(C)(F)F)c1)NC2=O. The molecule has 0 radical (unpaired) electrons. The van der Waals surface area contributed by atoms with Gasteiger partial charge in [-0.25, -0.2) is 13.5 Å². The van der Waals surface area contributed by atoms with Crippen LogP contribution in [0.2, 0.25) is 0 Å². The number of ether oxygens (including phenoxy) is 1. The van der Waals surface area contributed by atoms with E-state index in [2.05, 4.69) is 16.0 Å². The zero-order valence-electron chi connectivity index (χ0n) is 22.5. The summed E-state index contributed by atoms with van der Waals surface area (Å²) in [5.74, 6) is -2.03. The molecular formula is C28H37F2N5O4. The van der Waals surface area contributed by atoms with E-state index in [1.165, 1.54) is 19.8 Å². The molecule has 212 valence electrons. The molecule has 39 heavy (non-hydrogen) atoms. The molecule has 2 aliphatic rings. The topological polar surface area (TPSA) is 114 Å². The van der Waals surface area contributed by atoms with Crippen molar-refractivity contribution in [1.82, 2.24) is 20.4 Å². The summed E-state index contributed by atoms with van der Waals surface area (Å²) in [7, 11) is 0. The minimum Gasteiger partial charge on any atom is -0.494 e. The van der Waals surface area contributed by atoms with Crippen molar-refractivity contribution < 1.29 is 27.9 Å². The molecule has 1 atom stereocenters. The number of nitrogens with one attached hydrogen (secondary N) is 3. The Morgan fingerprint density at radius 3 is 2.77 bits per heavy atom. The number of aryl methyl sites for hydroxylation is 2. The second kappa shape index (κ2) is 12.6. The molecule has 1 aromatic carbocycles. The molecule has 0 saturated heterocycles. The maximum absolute atomic E-state index is 13.2. The molecule has 1 saturated carbocycles. The van der Waals surface area contributed by atoms with Gasteiger partial charge in [0.05, 0.1) is 18.8 Å². The number of rotatable bonds is 14. The molecule has 1 aliphatic heterocycles. The second-order valence-electron chi connectivity index (χ2n) is 10.7.